The van der Waals surface area contributed by atoms with Crippen molar-refractivity contribution in [3.05, 3.63) is 46.7 Å². The van der Waals surface area contributed by atoms with Crippen LogP contribution in [0.4, 0.5) is 0 Å². The van der Waals surface area contributed by atoms with Crippen LogP contribution in [0.5, 0.6) is 5.75 Å². The van der Waals surface area contributed by atoms with Gasteiger partial charge < -0.3 is 4.74 Å². The lowest BCUT2D eigenvalue weighted by Crippen LogP contribution is -2.30. The average molecular weight is 279 g/mol. The van der Waals surface area contributed by atoms with Crippen LogP contribution < -0.4 is 4.74 Å². The van der Waals surface area contributed by atoms with Gasteiger partial charge in [0.25, 0.3) is 5.91 Å². The molecule has 0 bridgehead atoms. The highest BCUT2D eigenvalue weighted by Gasteiger charge is 2.19. The van der Waals surface area contributed by atoms with E-state index in [1.165, 1.54) is 4.68 Å². The highest BCUT2D eigenvalue weighted by atomic mass is 35.5. The fourth-order valence-corrected chi connectivity index (χ4v) is 1.92. The van der Waals surface area contributed by atoms with E-state index in [0.29, 0.717) is 10.8 Å². The molecule has 0 radical (unpaired) electrons. The van der Waals surface area contributed by atoms with E-state index < -0.39 is 6.10 Å². The summed E-state index contributed by atoms with van der Waals surface area (Å²) in [6.07, 6.45) is -0.612. The van der Waals surface area contributed by atoms with Gasteiger partial charge in [-0.3, -0.25) is 4.79 Å². The Hall–Kier alpha value is -1.81. The molecule has 1 atom stereocenters. The SMILES string of the molecule is Cc1cc(C)n(C(=O)[C@@H](C)Oc2ccc(Cl)cc2)n1. The molecule has 1 aromatic carbocycles. The predicted molar refractivity (Wildman–Crippen MR) is 73.9 cm³/mol. The van der Waals surface area contributed by atoms with Gasteiger partial charge in [-0.2, -0.15) is 5.10 Å². The number of benzene rings is 1. The molecule has 0 aliphatic rings. The van der Waals surface area contributed by atoms with Crippen molar-refractivity contribution < 1.29 is 9.53 Å². The van der Waals surface area contributed by atoms with Crippen molar-refractivity contribution in [3.63, 3.8) is 0 Å². The van der Waals surface area contributed by atoms with Crippen LogP contribution in [-0.4, -0.2) is 21.8 Å². The van der Waals surface area contributed by atoms with Crippen molar-refractivity contribution in [1.82, 2.24) is 9.78 Å². The van der Waals surface area contributed by atoms with Crippen LogP contribution in [0, 0.1) is 13.8 Å². The molecule has 19 heavy (non-hydrogen) atoms. The molecule has 0 saturated heterocycles. The number of hydrogen-bond donors (Lipinski definition) is 0. The molecule has 0 aliphatic carbocycles. The van der Waals surface area contributed by atoms with Gasteiger partial charge in [-0.25, -0.2) is 4.68 Å². The molecule has 1 aromatic heterocycles. The third kappa shape index (κ3) is 3.15. The summed E-state index contributed by atoms with van der Waals surface area (Å²) in [6.45, 7) is 5.39. The van der Waals surface area contributed by atoms with Crippen molar-refractivity contribution in [2.45, 2.75) is 26.9 Å². The van der Waals surface area contributed by atoms with Crippen LogP contribution in [0.2, 0.25) is 5.02 Å². The topological polar surface area (TPSA) is 44.1 Å². The molecule has 5 heteroatoms. The van der Waals surface area contributed by atoms with Gasteiger partial charge in [0, 0.05) is 10.7 Å². The summed E-state index contributed by atoms with van der Waals surface area (Å²) in [5.74, 6) is 0.410. The van der Waals surface area contributed by atoms with Gasteiger partial charge in [-0.15, -0.1) is 0 Å². The minimum atomic E-state index is -0.612. The fourth-order valence-electron chi connectivity index (χ4n) is 1.79. The van der Waals surface area contributed by atoms with Crippen LogP contribution in [0.1, 0.15) is 23.1 Å². The van der Waals surface area contributed by atoms with Gasteiger partial charge in [0.15, 0.2) is 6.10 Å². The number of carbonyl (C=O) groups excluding carboxylic acids is 1. The van der Waals surface area contributed by atoms with Crippen molar-refractivity contribution in [2.75, 3.05) is 0 Å². The van der Waals surface area contributed by atoms with Crippen molar-refractivity contribution in [1.29, 1.82) is 0 Å². The zero-order valence-corrected chi connectivity index (χ0v) is 11.8. The Bertz CT molecular complexity index is 590. The lowest BCUT2D eigenvalue weighted by Gasteiger charge is -2.14. The van der Waals surface area contributed by atoms with Crippen LogP contribution in [0.15, 0.2) is 30.3 Å². The molecule has 2 rings (SSSR count). The maximum absolute atomic E-state index is 12.2. The Morgan fingerprint density at radius 2 is 1.95 bits per heavy atom. The minimum Gasteiger partial charge on any atom is -0.481 e. The first-order valence-electron chi connectivity index (χ1n) is 5.97. The normalized spacial score (nSPS) is 12.2. The highest BCUT2D eigenvalue weighted by molar-refractivity contribution is 6.30. The lowest BCUT2D eigenvalue weighted by molar-refractivity contribution is 0.0707. The second-order valence-electron chi connectivity index (χ2n) is 4.39. The first kappa shape index (κ1) is 13.6. The summed E-state index contributed by atoms with van der Waals surface area (Å²) >= 11 is 5.79. The van der Waals surface area contributed by atoms with Crippen molar-refractivity contribution >= 4 is 17.5 Å². The predicted octanol–water partition coefficient (Wildman–Crippen LogP) is 3.26. The molecule has 100 valence electrons. The number of nitrogens with zero attached hydrogens (tertiary/aromatic N) is 2. The monoisotopic (exact) mass is 278 g/mol. The summed E-state index contributed by atoms with van der Waals surface area (Å²) in [7, 11) is 0. The van der Waals surface area contributed by atoms with Gasteiger partial charge in [0.2, 0.25) is 0 Å². The molecular weight excluding hydrogens is 264 g/mol. The molecule has 2 aromatic rings. The quantitative estimate of drug-likeness (QED) is 0.865. The molecule has 0 unspecified atom stereocenters. The van der Waals surface area contributed by atoms with Crippen LogP contribution in [-0.2, 0) is 0 Å². The zero-order valence-electron chi connectivity index (χ0n) is 11.1. The molecule has 0 aliphatic heterocycles. The zero-order chi connectivity index (χ0) is 14.0. The number of halogens is 1. The van der Waals surface area contributed by atoms with E-state index in [2.05, 4.69) is 5.10 Å². The summed E-state index contributed by atoms with van der Waals surface area (Å²) in [4.78, 5) is 12.2. The van der Waals surface area contributed by atoms with Crippen molar-refractivity contribution in [2.24, 2.45) is 0 Å². The number of aryl methyl sites for hydroxylation is 2. The first-order valence-corrected chi connectivity index (χ1v) is 6.35. The molecule has 0 spiro atoms. The first-order chi connectivity index (χ1) is 8.97. The highest BCUT2D eigenvalue weighted by Crippen LogP contribution is 2.17. The molecule has 0 saturated carbocycles. The van der Waals surface area contributed by atoms with E-state index in [1.807, 2.05) is 19.9 Å². The molecule has 0 N–H and O–H groups in total. The van der Waals surface area contributed by atoms with Crippen LogP contribution in [0.3, 0.4) is 0 Å². The fraction of sp³-hybridized carbons (Fsp3) is 0.286. The molecule has 1 heterocycles. The van der Waals surface area contributed by atoms with Gasteiger partial charge in [-0.05, 0) is 51.1 Å². The summed E-state index contributed by atoms with van der Waals surface area (Å²) in [5.41, 5.74) is 1.61. The Kier molecular flexibility index (Phi) is 3.90. The molecule has 0 amide bonds. The van der Waals surface area contributed by atoms with Crippen molar-refractivity contribution in [3.8, 4) is 5.75 Å². The van der Waals surface area contributed by atoms with E-state index in [0.717, 1.165) is 11.4 Å². The van der Waals surface area contributed by atoms with Gasteiger partial charge in [0.05, 0.1) is 5.69 Å². The largest absolute Gasteiger partial charge is 0.481 e. The maximum Gasteiger partial charge on any atom is 0.287 e. The van der Waals surface area contributed by atoms with Crippen LogP contribution >= 0.6 is 11.6 Å². The number of rotatable bonds is 3. The standard InChI is InChI=1S/C14H15ClN2O2/c1-9-8-10(2)17(16-9)14(18)11(3)19-13-6-4-12(15)5-7-13/h4-8,11H,1-3H3/t11-/m1/s1. The van der Waals surface area contributed by atoms with E-state index >= 15 is 0 Å². The van der Waals surface area contributed by atoms with E-state index in [-0.39, 0.29) is 5.91 Å². The Morgan fingerprint density at radius 3 is 2.47 bits per heavy atom. The third-order valence-electron chi connectivity index (χ3n) is 2.69. The smallest absolute Gasteiger partial charge is 0.287 e. The number of ether oxygens (including phenoxy) is 1. The average Bonchev–Trinajstić information content (AvgIpc) is 2.70. The van der Waals surface area contributed by atoms with E-state index in [9.17, 15) is 4.79 Å². The van der Waals surface area contributed by atoms with E-state index in [4.69, 9.17) is 16.3 Å². The lowest BCUT2D eigenvalue weighted by atomic mass is 10.3. The minimum absolute atomic E-state index is 0.194. The molecule has 0 fully saturated rings. The van der Waals surface area contributed by atoms with Gasteiger partial charge >= 0.3 is 0 Å². The Labute approximate surface area is 116 Å². The number of carbonyl (C=O) groups is 1. The summed E-state index contributed by atoms with van der Waals surface area (Å²) in [5, 5.41) is 4.78. The second kappa shape index (κ2) is 5.45. The molecular formula is C14H15ClN2O2. The maximum atomic E-state index is 12.2. The third-order valence-corrected chi connectivity index (χ3v) is 2.94. The summed E-state index contributed by atoms with van der Waals surface area (Å²) in [6, 6.07) is 8.75. The van der Waals surface area contributed by atoms with Crippen LogP contribution in [0.25, 0.3) is 0 Å². The number of hydrogen-bond acceptors (Lipinski definition) is 3. The molecule has 4 nitrogen and oxygen atoms in total. The van der Waals surface area contributed by atoms with Gasteiger partial charge in [0.1, 0.15) is 5.75 Å². The van der Waals surface area contributed by atoms with E-state index in [1.54, 1.807) is 31.2 Å². The Morgan fingerprint density at radius 1 is 1.32 bits per heavy atom. The Balaban J connectivity index is 2.11. The number of aromatic nitrogens is 2. The summed E-state index contributed by atoms with van der Waals surface area (Å²) < 4.78 is 6.95. The van der Waals surface area contributed by atoms with Gasteiger partial charge in [-0.1, -0.05) is 11.6 Å². The second-order valence-corrected chi connectivity index (χ2v) is 4.83.